The molecule has 158 valence electrons. The molecule has 1 spiro atoms. The Morgan fingerprint density at radius 1 is 1.13 bits per heavy atom. The number of nitrogens with zero attached hydrogens (tertiary/aromatic N) is 6. The van der Waals surface area contributed by atoms with Crippen LogP contribution in [0.25, 0.3) is 22.7 Å². The van der Waals surface area contributed by atoms with Crippen molar-refractivity contribution in [3.63, 3.8) is 0 Å². The Morgan fingerprint density at radius 2 is 1.97 bits per heavy atom. The number of piperazine rings is 1. The summed E-state index contributed by atoms with van der Waals surface area (Å²) < 4.78 is 2.77. The standard InChI is InChI=1S/C22H23N7O2/c1-14-9-18(26-28-11-15(2)24-21(14)28)17-10-20(30)27-12-16(3-4-19(27)25-17)29(31)8-7-23-22(13-29)5-6-22/h3-4,9-12,23H,5-8,13H2,1-2H3. The molecule has 2 fully saturated rings. The zero-order chi connectivity index (χ0) is 21.4. The lowest BCUT2D eigenvalue weighted by Gasteiger charge is -2.48. The van der Waals surface area contributed by atoms with Gasteiger partial charge >= 0.3 is 0 Å². The lowest BCUT2D eigenvalue weighted by molar-refractivity contribution is 0.251. The van der Waals surface area contributed by atoms with Crippen LogP contribution in [0, 0.1) is 19.1 Å². The van der Waals surface area contributed by atoms with E-state index in [4.69, 9.17) is 0 Å². The average Bonchev–Trinajstić information content (AvgIpc) is 3.35. The summed E-state index contributed by atoms with van der Waals surface area (Å²) in [7, 11) is 0. The van der Waals surface area contributed by atoms with Crippen LogP contribution >= 0.6 is 0 Å². The van der Waals surface area contributed by atoms with Crippen LogP contribution < -0.4 is 15.5 Å². The molecule has 9 nitrogen and oxygen atoms in total. The Labute approximate surface area is 178 Å². The number of aromatic nitrogens is 5. The van der Waals surface area contributed by atoms with Gasteiger partial charge in [0.15, 0.2) is 5.65 Å². The quantitative estimate of drug-likeness (QED) is 0.395. The first-order valence-electron chi connectivity index (χ1n) is 10.6. The van der Waals surface area contributed by atoms with Gasteiger partial charge < -0.3 is 15.2 Å². The smallest absolute Gasteiger partial charge is 0.258 e. The summed E-state index contributed by atoms with van der Waals surface area (Å²) in [5.74, 6) is 0. The molecule has 5 heterocycles. The number of quaternary nitrogens is 1. The fourth-order valence-corrected chi connectivity index (χ4v) is 4.67. The van der Waals surface area contributed by atoms with E-state index >= 15 is 0 Å². The Balaban J connectivity index is 1.43. The van der Waals surface area contributed by atoms with Gasteiger partial charge in [0.1, 0.15) is 23.6 Å². The van der Waals surface area contributed by atoms with Crippen LogP contribution in [0.5, 0.6) is 0 Å². The van der Waals surface area contributed by atoms with Crippen LogP contribution in [0.1, 0.15) is 24.1 Å². The molecule has 4 aromatic rings. The highest BCUT2D eigenvalue weighted by molar-refractivity contribution is 5.62. The van der Waals surface area contributed by atoms with Crippen LogP contribution in [0.4, 0.5) is 5.69 Å². The molecule has 0 radical (unpaired) electrons. The highest BCUT2D eigenvalue weighted by atomic mass is 16.5. The van der Waals surface area contributed by atoms with Gasteiger partial charge in [0.2, 0.25) is 0 Å². The summed E-state index contributed by atoms with van der Waals surface area (Å²) in [4.78, 5) is 22.1. The van der Waals surface area contributed by atoms with E-state index in [1.165, 1.54) is 10.5 Å². The maximum atomic E-state index is 13.5. The Kier molecular flexibility index (Phi) is 3.72. The van der Waals surface area contributed by atoms with Crippen LogP contribution in [0.2, 0.25) is 0 Å². The van der Waals surface area contributed by atoms with Gasteiger partial charge in [0, 0.05) is 18.7 Å². The van der Waals surface area contributed by atoms with Gasteiger partial charge in [-0.2, -0.15) is 5.10 Å². The van der Waals surface area contributed by atoms with E-state index < -0.39 is 4.65 Å². The molecular weight excluding hydrogens is 394 g/mol. The maximum absolute atomic E-state index is 13.5. The summed E-state index contributed by atoms with van der Waals surface area (Å²) in [5.41, 5.74) is 4.58. The molecule has 1 aliphatic heterocycles. The van der Waals surface area contributed by atoms with E-state index in [1.54, 1.807) is 22.8 Å². The number of nitrogens with one attached hydrogen (secondary N) is 1. The second-order valence-corrected chi connectivity index (χ2v) is 8.94. The first-order chi connectivity index (χ1) is 14.8. The summed E-state index contributed by atoms with van der Waals surface area (Å²) in [5, 5.41) is 21.6. The Morgan fingerprint density at radius 3 is 2.77 bits per heavy atom. The highest BCUT2D eigenvalue weighted by Gasteiger charge is 2.50. The van der Waals surface area contributed by atoms with Crippen molar-refractivity contribution in [2.75, 3.05) is 19.6 Å². The molecule has 9 heteroatoms. The van der Waals surface area contributed by atoms with Crippen molar-refractivity contribution in [2.24, 2.45) is 0 Å². The van der Waals surface area contributed by atoms with E-state index in [9.17, 15) is 10.0 Å². The largest absolute Gasteiger partial charge is 0.627 e. The number of hydrogen-bond donors (Lipinski definition) is 1. The van der Waals surface area contributed by atoms with Gasteiger partial charge in [0.25, 0.3) is 5.56 Å². The topological polar surface area (TPSA) is 99.7 Å². The summed E-state index contributed by atoms with van der Waals surface area (Å²) in [6, 6.07) is 6.93. The zero-order valence-electron chi connectivity index (χ0n) is 17.5. The van der Waals surface area contributed by atoms with Gasteiger partial charge in [-0.05, 0) is 44.4 Å². The normalized spacial score (nSPS) is 22.4. The lowest BCUT2D eigenvalue weighted by atomic mass is 10.1. The van der Waals surface area contributed by atoms with Gasteiger partial charge in [-0.15, -0.1) is 0 Å². The third kappa shape index (κ3) is 2.96. The van der Waals surface area contributed by atoms with E-state index in [0.29, 0.717) is 42.4 Å². The van der Waals surface area contributed by atoms with Crippen molar-refractivity contribution in [2.45, 2.75) is 32.2 Å². The predicted molar refractivity (Wildman–Crippen MR) is 118 cm³/mol. The Hall–Kier alpha value is -3.14. The van der Waals surface area contributed by atoms with E-state index in [0.717, 1.165) is 29.7 Å². The van der Waals surface area contributed by atoms with Crippen LogP contribution in [-0.2, 0) is 0 Å². The van der Waals surface area contributed by atoms with Gasteiger partial charge in [0.05, 0.1) is 35.9 Å². The van der Waals surface area contributed by atoms with E-state index in [-0.39, 0.29) is 11.1 Å². The van der Waals surface area contributed by atoms with Crippen LogP contribution in [0.15, 0.2) is 41.5 Å². The zero-order valence-corrected chi connectivity index (χ0v) is 17.5. The Bertz CT molecular complexity index is 1420. The van der Waals surface area contributed by atoms with Crippen molar-refractivity contribution < 1.29 is 0 Å². The van der Waals surface area contributed by atoms with Crippen molar-refractivity contribution in [3.8, 4) is 11.4 Å². The van der Waals surface area contributed by atoms with Gasteiger partial charge in [-0.25, -0.2) is 14.5 Å². The molecule has 1 saturated heterocycles. The highest BCUT2D eigenvalue weighted by Crippen LogP contribution is 2.41. The van der Waals surface area contributed by atoms with Crippen LogP contribution in [-0.4, -0.2) is 49.2 Å². The van der Waals surface area contributed by atoms with Gasteiger partial charge in [-0.3, -0.25) is 9.20 Å². The molecular formula is C22H23N7O2. The molecule has 0 aromatic carbocycles. The fourth-order valence-electron chi connectivity index (χ4n) is 4.67. The van der Waals surface area contributed by atoms with Crippen molar-refractivity contribution in [3.05, 3.63) is 63.5 Å². The third-order valence-corrected chi connectivity index (χ3v) is 6.49. The number of hydrogen-bond acceptors (Lipinski definition) is 6. The third-order valence-electron chi connectivity index (χ3n) is 6.49. The minimum absolute atomic E-state index is 0.0180. The minimum Gasteiger partial charge on any atom is -0.627 e. The number of hydroxylamine groups is 2. The molecule has 4 aromatic heterocycles. The summed E-state index contributed by atoms with van der Waals surface area (Å²) in [6.45, 7) is 5.54. The first kappa shape index (κ1) is 18.6. The average molecular weight is 417 g/mol. The molecule has 6 rings (SSSR count). The molecule has 1 aliphatic carbocycles. The molecule has 2 aliphatic rings. The minimum atomic E-state index is -0.408. The molecule has 31 heavy (non-hydrogen) atoms. The molecule has 1 saturated carbocycles. The molecule has 1 N–H and O–H groups in total. The number of pyridine rings is 1. The van der Waals surface area contributed by atoms with E-state index in [1.807, 2.05) is 26.1 Å². The summed E-state index contributed by atoms with van der Waals surface area (Å²) in [6.07, 6.45) is 5.59. The molecule has 1 atom stereocenters. The number of fused-ring (bicyclic) bond motifs is 2. The van der Waals surface area contributed by atoms with Crippen molar-refractivity contribution >= 4 is 17.0 Å². The SMILES string of the molecule is Cc1cn2nc(-c3cc(=O)n4cc([N+]5([O-])CCNC6(CC6)C5)ccc4n3)cc(C)c2n1. The van der Waals surface area contributed by atoms with Crippen LogP contribution in [0.3, 0.4) is 0 Å². The maximum Gasteiger partial charge on any atom is 0.258 e. The second-order valence-electron chi connectivity index (χ2n) is 8.94. The number of rotatable bonds is 2. The number of imidazole rings is 1. The summed E-state index contributed by atoms with van der Waals surface area (Å²) >= 11 is 0. The molecule has 1 unspecified atom stereocenters. The monoisotopic (exact) mass is 417 g/mol. The fraction of sp³-hybridized carbons (Fsp3) is 0.364. The second kappa shape index (κ2) is 6.19. The van der Waals surface area contributed by atoms with Crippen molar-refractivity contribution in [1.82, 2.24) is 33.9 Å². The lowest BCUT2D eigenvalue weighted by Crippen LogP contribution is -2.62. The first-order valence-corrected chi connectivity index (χ1v) is 10.6. The molecule has 0 amide bonds. The van der Waals surface area contributed by atoms with Gasteiger partial charge in [-0.1, -0.05) is 0 Å². The molecule has 0 bridgehead atoms. The number of aryl methyl sites for hydroxylation is 2. The predicted octanol–water partition coefficient (Wildman–Crippen LogP) is 1.96. The van der Waals surface area contributed by atoms with Crippen molar-refractivity contribution in [1.29, 1.82) is 0 Å². The van der Waals surface area contributed by atoms with E-state index in [2.05, 4.69) is 20.4 Å².